The fourth-order valence-corrected chi connectivity index (χ4v) is 2.69. The molecule has 0 unspecified atom stereocenters. The Kier molecular flexibility index (Phi) is 3.67. The van der Waals surface area contributed by atoms with Crippen LogP contribution in [0, 0.1) is 6.92 Å². The van der Waals surface area contributed by atoms with Crippen molar-refractivity contribution in [1.82, 2.24) is 9.55 Å². The zero-order valence-corrected chi connectivity index (χ0v) is 12.9. The molecule has 6 heteroatoms. The first-order valence-corrected chi connectivity index (χ1v) is 7.33. The number of aryl methyl sites for hydroxylation is 1. The van der Waals surface area contributed by atoms with Crippen molar-refractivity contribution in [3.8, 4) is 0 Å². The van der Waals surface area contributed by atoms with E-state index in [1.165, 1.54) is 0 Å². The molecule has 2 aromatic heterocycles. The average Bonchev–Trinajstić information content (AvgIpc) is 2.96. The number of rotatable bonds is 3. The molecule has 0 N–H and O–H groups in total. The summed E-state index contributed by atoms with van der Waals surface area (Å²) in [5, 5.41) is 0.982. The van der Waals surface area contributed by atoms with Gasteiger partial charge >= 0.3 is 0 Å². The van der Waals surface area contributed by atoms with E-state index in [4.69, 9.17) is 39.2 Å². The molecule has 20 heavy (non-hydrogen) atoms. The van der Waals surface area contributed by atoms with Crippen molar-refractivity contribution in [3.63, 3.8) is 0 Å². The minimum atomic E-state index is 0.309. The highest BCUT2D eigenvalue weighted by Crippen LogP contribution is 2.29. The molecule has 0 atom stereocenters. The SMILES string of the molecule is Cc1ccc(Cn2c(CCl)nc3cc(Cl)c(Cl)cc32)o1. The Bertz CT molecular complexity index is 776. The summed E-state index contributed by atoms with van der Waals surface area (Å²) >= 11 is 18.1. The second kappa shape index (κ2) is 5.32. The van der Waals surface area contributed by atoms with E-state index in [-0.39, 0.29) is 0 Å². The summed E-state index contributed by atoms with van der Waals surface area (Å²) in [4.78, 5) is 4.48. The number of aromatic nitrogens is 2. The van der Waals surface area contributed by atoms with Crippen molar-refractivity contribution in [1.29, 1.82) is 0 Å². The van der Waals surface area contributed by atoms with Crippen LogP contribution in [0.4, 0.5) is 0 Å². The summed E-state index contributed by atoms with van der Waals surface area (Å²) in [7, 11) is 0. The molecule has 0 saturated carbocycles. The van der Waals surface area contributed by atoms with Crippen LogP contribution in [-0.4, -0.2) is 9.55 Å². The van der Waals surface area contributed by atoms with Gasteiger partial charge in [0.25, 0.3) is 0 Å². The molecule has 1 aromatic carbocycles. The summed E-state index contributed by atoms with van der Waals surface area (Å²) in [5.41, 5.74) is 1.67. The maximum atomic E-state index is 6.09. The van der Waals surface area contributed by atoms with E-state index in [0.717, 1.165) is 28.4 Å². The summed E-state index contributed by atoms with van der Waals surface area (Å²) < 4.78 is 7.60. The van der Waals surface area contributed by atoms with Gasteiger partial charge in [0.1, 0.15) is 17.3 Å². The molecule has 0 spiro atoms. The highest BCUT2D eigenvalue weighted by Gasteiger charge is 2.14. The van der Waals surface area contributed by atoms with E-state index in [0.29, 0.717) is 22.5 Å². The standard InChI is InChI=1S/C14H11Cl3N2O/c1-8-2-3-9(20-8)7-19-13-5-11(17)10(16)4-12(13)18-14(19)6-15/h2-5H,6-7H2,1H3. The number of benzene rings is 1. The normalized spacial score (nSPS) is 11.4. The van der Waals surface area contributed by atoms with Crippen molar-refractivity contribution in [3.05, 3.63) is 51.7 Å². The molecule has 0 fully saturated rings. The zero-order chi connectivity index (χ0) is 14.3. The van der Waals surface area contributed by atoms with E-state index < -0.39 is 0 Å². The maximum Gasteiger partial charge on any atom is 0.125 e. The van der Waals surface area contributed by atoms with E-state index in [1.807, 2.05) is 23.6 Å². The third kappa shape index (κ3) is 2.41. The lowest BCUT2D eigenvalue weighted by Crippen LogP contribution is -2.03. The van der Waals surface area contributed by atoms with Crippen LogP contribution >= 0.6 is 34.8 Å². The number of imidazole rings is 1. The Balaban J connectivity index is 2.14. The number of halogens is 3. The molecular formula is C14H11Cl3N2O. The molecule has 3 aromatic rings. The molecule has 3 rings (SSSR count). The number of alkyl halides is 1. The van der Waals surface area contributed by atoms with Crippen LogP contribution in [0.1, 0.15) is 17.3 Å². The number of furan rings is 1. The first-order valence-electron chi connectivity index (χ1n) is 6.04. The smallest absolute Gasteiger partial charge is 0.125 e. The van der Waals surface area contributed by atoms with Gasteiger partial charge in [0.05, 0.1) is 33.5 Å². The van der Waals surface area contributed by atoms with E-state index in [2.05, 4.69) is 4.98 Å². The zero-order valence-electron chi connectivity index (χ0n) is 10.7. The van der Waals surface area contributed by atoms with Gasteiger partial charge in [-0.2, -0.15) is 0 Å². The fourth-order valence-electron chi connectivity index (χ4n) is 2.17. The van der Waals surface area contributed by atoms with Crippen molar-refractivity contribution < 1.29 is 4.42 Å². The van der Waals surface area contributed by atoms with Crippen LogP contribution in [0.5, 0.6) is 0 Å². The van der Waals surface area contributed by atoms with Gasteiger partial charge in [-0.15, -0.1) is 11.6 Å². The predicted octanol–water partition coefficient (Wildman–Crippen LogP) is 5.03. The Labute approximate surface area is 131 Å². The van der Waals surface area contributed by atoms with Crippen molar-refractivity contribution in [2.75, 3.05) is 0 Å². The van der Waals surface area contributed by atoms with Gasteiger partial charge in [-0.1, -0.05) is 23.2 Å². The second-order valence-electron chi connectivity index (χ2n) is 4.52. The van der Waals surface area contributed by atoms with Gasteiger partial charge in [0.2, 0.25) is 0 Å². The first kappa shape index (κ1) is 13.8. The van der Waals surface area contributed by atoms with Gasteiger partial charge in [0.15, 0.2) is 0 Å². The summed E-state index contributed by atoms with van der Waals surface area (Å²) in [6.07, 6.45) is 0. The van der Waals surface area contributed by atoms with Crippen molar-refractivity contribution in [2.24, 2.45) is 0 Å². The second-order valence-corrected chi connectivity index (χ2v) is 5.60. The van der Waals surface area contributed by atoms with Crippen molar-refractivity contribution >= 4 is 45.8 Å². The number of nitrogens with zero attached hydrogens (tertiary/aromatic N) is 2. The van der Waals surface area contributed by atoms with Crippen LogP contribution in [0.2, 0.25) is 10.0 Å². The average molecular weight is 330 g/mol. The highest BCUT2D eigenvalue weighted by atomic mass is 35.5. The van der Waals surface area contributed by atoms with E-state index in [9.17, 15) is 0 Å². The molecule has 0 amide bonds. The molecular weight excluding hydrogens is 319 g/mol. The Morgan fingerprint density at radius 2 is 1.95 bits per heavy atom. The van der Waals surface area contributed by atoms with Crippen LogP contribution in [0.15, 0.2) is 28.7 Å². The molecule has 0 aliphatic carbocycles. The Morgan fingerprint density at radius 1 is 1.20 bits per heavy atom. The molecule has 0 aliphatic rings. The third-order valence-electron chi connectivity index (χ3n) is 3.10. The molecule has 0 saturated heterocycles. The van der Waals surface area contributed by atoms with Gasteiger partial charge in [-0.25, -0.2) is 4.98 Å². The van der Waals surface area contributed by atoms with Crippen LogP contribution in [0.25, 0.3) is 11.0 Å². The molecule has 0 bridgehead atoms. The number of fused-ring (bicyclic) bond motifs is 1. The molecule has 104 valence electrons. The molecule has 2 heterocycles. The topological polar surface area (TPSA) is 31.0 Å². The van der Waals surface area contributed by atoms with Crippen LogP contribution in [0.3, 0.4) is 0 Å². The minimum absolute atomic E-state index is 0.309. The summed E-state index contributed by atoms with van der Waals surface area (Å²) in [6, 6.07) is 7.42. The molecule has 3 nitrogen and oxygen atoms in total. The van der Waals surface area contributed by atoms with E-state index in [1.54, 1.807) is 12.1 Å². The summed E-state index contributed by atoms with van der Waals surface area (Å²) in [5.74, 6) is 2.79. The minimum Gasteiger partial charge on any atom is -0.464 e. The quantitative estimate of drug-likeness (QED) is 0.631. The highest BCUT2D eigenvalue weighted by molar-refractivity contribution is 6.42. The van der Waals surface area contributed by atoms with Crippen molar-refractivity contribution in [2.45, 2.75) is 19.3 Å². The first-order chi connectivity index (χ1) is 9.58. The Hall–Kier alpha value is -1.16. The van der Waals surface area contributed by atoms with Crippen LogP contribution in [-0.2, 0) is 12.4 Å². The summed E-state index contributed by atoms with van der Waals surface area (Å²) in [6.45, 7) is 2.47. The molecule has 0 radical (unpaired) electrons. The predicted molar refractivity (Wildman–Crippen MR) is 81.9 cm³/mol. The maximum absolute atomic E-state index is 6.09. The van der Waals surface area contributed by atoms with Gasteiger partial charge in [0, 0.05) is 0 Å². The number of hydrogen-bond acceptors (Lipinski definition) is 2. The van der Waals surface area contributed by atoms with E-state index >= 15 is 0 Å². The van der Waals surface area contributed by atoms with Crippen LogP contribution < -0.4 is 0 Å². The van der Waals surface area contributed by atoms with Gasteiger partial charge < -0.3 is 8.98 Å². The lowest BCUT2D eigenvalue weighted by molar-refractivity contribution is 0.470. The lowest BCUT2D eigenvalue weighted by Gasteiger charge is -2.06. The fraction of sp³-hybridized carbons (Fsp3) is 0.214. The molecule has 0 aliphatic heterocycles. The van der Waals surface area contributed by atoms with Gasteiger partial charge in [-0.3, -0.25) is 0 Å². The van der Waals surface area contributed by atoms with Gasteiger partial charge in [-0.05, 0) is 31.2 Å². The third-order valence-corrected chi connectivity index (χ3v) is 4.06. The Morgan fingerprint density at radius 3 is 2.60 bits per heavy atom. The largest absolute Gasteiger partial charge is 0.464 e. The monoisotopic (exact) mass is 328 g/mol. The lowest BCUT2D eigenvalue weighted by atomic mass is 10.3. The number of hydrogen-bond donors (Lipinski definition) is 0.